The number of hydrogen-bond acceptors (Lipinski definition) is 3. The summed E-state index contributed by atoms with van der Waals surface area (Å²) in [6.45, 7) is 2.08. The lowest BCUT2D eigenvalue weighted by Crippen LogP contribution is -2.39. The molecular weight excluding hydrogens is 210 g/mol. The summed E-state index contributed by atoms with van der Waals surface area (Å²) >= 11 is 5.76. The first kappa shape index (κ1) is 10.7. The Balaban J connectivity index is 1.79. The van der Waals surface area contributed by atoms with Gasteiger partial charge in [-0.3, -0.25) is 0 Å². The number of aromatic nitrogens is 1. The third-order valence-electron chi connectivity index (χ3n) is 2.67. The zero-order chi connectivity index (χ0) is 10.5. The first-order valence-electron chi connectivity index (χ1n) is 5.43. The molecule has 0 spiro atoms. The largest absolute Gasteiger partial charge is 0.369 e. The fourth-order valence-corrected chi connectivity index (χ4v) is 1.92. The van der Waals surface area contributed by atoms with Crippen LogP contribution in [0.2, 0.25) is 5.02 Å². The van der Waals surface area contributed by atoms with E-state index in [1.54, 1.807) is 6.20 Å². The maximum atomic E-state index is 5.76. The number of pyridine rings is 1. The molecule has 4 heteroatoms. The summed E-state index contributed by atoms with van der Waals surface area (Å²) in [5, 5.41) is 7.47. The molecule has 0 radical (unpaired) electrons. The van der Waals surface area contributed by atoms with Gasteiger partial charge in [0.1, 0.15) is 5.82 Å². The van der Waals surface area contributed by atoms with Gasteiger partial charge in [-0.15, -0.1) is 0 Å². The van der Waals surface area contributed by atoms with Gasteiger partial charge in [-0.1, -0.05) is 18.0 Å². The van der Waals surface area contributed by atoms with Crippen molar-refractivity contribution in [1.29, 1.82) is 0 Å². The molecule has 2 rings (SSSR count). The lowest BCUT2D eigenvalue weighted by molar-refractivity contribution is 0.414. The molecule has 1 aliphatic rings. The van der Waals surface area contributed by atoms with Gasteiger partial charge < -0.3 is 10.6 Å². The van der Waals surface area contributed by atoms with Crippen molar-refractivity contribution in [3.8, 4) is 0 Å². The second kappa shape index (κ2) is 5.33. The van der Waals surface area contributed by atoms with Crippen molar-refractivity contribution in [2.75, 3.05) is 18.4 Å². The SMILES string of the molecule is Clc1ccc(NCC2CCCCN2)nc1. The molecule has 1 fully saturated rings. The van der Waals surface area contributed by atoms with Crippen molar-refractivity contribution in [3.63, 3.8) is 0 Å². The van der Waals surface area contributed by atoms with E-state index in [2.05, 4.69) is 15.6 Å². The lowest BCUT2D eigenvalue weighted by Gasteiger charge is -2.23. The Morgan fingerprint density at radius 3 is 3.07 bits per heavy atom. The average Bonchev–Trinajstić information content (AvgIpc) is 2.30. The van der Waals surface area contributed by atoms with E-state index in [1.807, 2.05) is 12.1 Å². The zero-order valence-corrected chi connectivity index (χ0v) is 9.43. The van der Waals surface area contributed by atoms with E-state index < -0.39 is 0 Å². The molecule has 2 N–H and O–H groups in total. The Morgan fingerprint density at radius 2 is 2.40 bits per heavy atom. The zero-order valence-electron chi connectivity index (χ0n) is 8.67. The number of nitrogens with zero attached hydrogens (tertiary/aromatic N) is 1. The van der Waals surface area contributed by atoms with Crippen LogP contribution in [0.4, 0.5) is 5.82 Å². The number of piperidine rings is 1. The molecule has 1 unspecified atom stereocenters. The van der Waals surface area contributed by atoms with Gasteiger partial charge in [-0.05, 0) is 31.5 Å². The van der Waals surface area contributed by atoms with E-state index in [-0.39, 0.29) is 0 Å². The summed E-state index contributed by atoms with van der Waals surface area (Å²) in [6.07, 6.45) is 5.54. The highest BCUT2D eigenvalue weighted by Gasteiger charge is 2.11. The molecule has 0 saturated carbocycles. The fraction of sp³-hybridized carbons (Fsp3) is 0.545. The van der Waals surface area contributed by atoms with Crippen molar-refractivity contribution >= 4 is 17.4 Å². The van der Waals surface area contributed by atoms with Gasteiger partial charge >= 0.3 is 0 Å². The van der Waals surface area contributed by atoms with Crippen molar-refractivity contribution in [3.05, 3.63) is 23.4 Å². The van der Waals surface area contributed by atoms with E-state index >= 15 is 0 Å². The van der Waals surface area contributed by atoms with E-state index in [9.17, 15) is 0 Å². The smallest absolute Gasteiger partial charge is 0.126 e. The molecule has 0 aromatic carbocycles. The minimum atomic E-state index is 0.580. The predicted octanol–water partition coefficient (Wildman–Crippen LogP) is 2.29. The van der Waals surface area contributed by atoms with Gasteiger partial charge in [0, 0.05) is 18.8 Å². The summed E-state index contributed by atoms with van der Waals surface area (Å²) in [4.78, 5) is 4.19. The number of hydrogen-bond donors (Lipinski definition) is 2. The maximum Gasteiger partial charge on any atom is 0.126 e. The third-order valence-corrected chi connectivity index (χ3v) is 2.89. The van der Waals surface area contributed by atoms with Crippen LogP contribution >= 0.6 is 11.6 Å². The normalized spacial score (nSPS) is 21.3. The van der Waals surface area contributed by atoms with Crippen LogP contribution in [0.15, 0.2) is 18.3 Å². The quantitative estimate of drug-likeness (QED) is 0.829. The number of rotatable bonds is 3. The van der Waals surface area contributed by atoms with Crippen LogP contribution in [0.3, 0.4) is 0 Å². The molecule has 2 heterocycles. The molecule has 82 valence electrons. The van der Waals surface area contributed by atoms with Crippen LogP contribution in [-0.4, -0.2) is 24.1 Å². The van der Waals surface area contributed by atoms with Crippen molar-refractivity contribution in [2.45, 2.75) is 25.3 Å². The van der Waals surface area contributed by atoms with Crippen LogP contribution in [0.1, 0.15) is 19.3 Å². The third kappa shape index (κ3) is 3.36. The standard InChI is InChI=1S/C11H16ClN3/c12-9-4-5-11(14-7-9)15-8-10-3-1-2-6-13-10/h4-5,7,10,13H,1-3,6,8H2,(H,14,15). The Kier molecular flexibility index (Phi) is 3.80. The summed E-state index contributed by atoms with van der Waals surface area (Å²) < 4.78 is 0. The molecule has 0 amide bonds. The van der Waals surface area contributed by atoms with Gasteiger partial charge in [0.05, 0.1) is 5.02 Å². The summed E-state index contributed by atoms with van der Waals surface area (Å²) in [6, 6.07) is 4.34. The van der Waals surface area contributed by atoms with Gasteiger partial charge in [0.25, 0.3) is 0 Å². The van der Waals surface area contributed by atoms with Crippen LogP contribution in [0.5, 0.6) is 0 Å². The number of nitrogens with one attached hydrogen (secondary N) is 2. The maximum absolute atomic E-state index is 5.76. The average molecular weight is 226 g/mol. The second-order valence-corrected chi connectivity index (χ2v) is 4.33. The highest BCUT2D eigenvalue weighted by Crippen LogP contribution is 2.11. The Labute approximate surface area is 95.2 Å². The fourth-order valence-electron chi connectivity index (χ4n) is 1.81. The molecule has 1 saturated heterocycles. The van der Waals surface area contributed by atoms with Gasteiger partial charge in [-0.2, -0.15) is 0 Å². The van der Waals surface area contributed by atoms with E-state index in [1.165, 1.54) is 19.3 Å². The molecule has 0 aliphatic carbocycles. The Hall–Kier alpha value is -0.800. The first-order chi connectivity index (χ1) is 7.34. The van der Waals surface area contributed by atoms with Crippen molar-refractivity contribution in [2.24, 2.45) is 0 Å². The summed E-state index contributed by atoms with van der Waals surface area (Å²) in [7, 11) is 0. The molecule has 1 aromatic heterocycles. The van der Waals surface area contributed by atoms with Gasteiger partial charge in [0.15, 0.2) is 0 Å². The summed E-state index contributed by atoms with van der Waals surface area (Å²) in [5.74, 6) is 0.895. The van der Waals surface area contributed by atoms with Crippen LogP contribution in [0, 0.1) is 0 Å². The van der Waals surface area contributed by atoms with Gasteiger partial charge in [0.2, 0.25) is 0 Å². The van der Waals surface area contributed by atoms with E-state index in [4.69, 9.17) is 11.6 Å². The Morgan fingerprint density at radius 1 is 1.47 bits per heavy atom. The molecule has 1 aliphatic heterocycles. The first-order valence-corrected chi connectivity index (χ1v) is 5.81. The summed E-state index contributed by atoms with van der Waals surface area (Å²) in [5.41, 5.74) is 0. The number of halogens is 1. The molecular formula is C11H16ClN3. The molecule has 15 heavy (non-hydrogen) atoms. The Bertz CT molecular complexity index is 293. The van der Waals surface area contributed by atoms with E-state index in [0.29, 0.717) is 11.1 Å². The minimum Gasteiger partial charge on any atom is -0.369 e. The van der Waals surface area contributed by atoms with Crippen molar-refractivity contribution in [1.82, 2.24) is 10.3 Å². The predicted molar refractivity (Wildman–Crippen MR) is 63.4 cm³/mol. The monoisotopic (exact) mass is 225 g/mol. The van der Waals surface area contributed by atoms with Crippen LogP contribution < -0.4 is 10.6 Å². The van der Waals surface area contributed by atoms with Crippen molar-refractivity contribution < 1.29 is 0 Å². The minimum absolute atomic E-state index is 0.580. The number of anilines is 1. The van der Waals surface area contributed by atoms with Crippen LogP contribution in [-0.2, 0) is 0 Å². The topological polar surface area (TPSA) is 37.0 Å². The highest BCUT2D eigenvalue weighted by molar-refractivity contribution is 6.30. The van der Waals surface area contributed by atoms with Crippen LogP contribution in [0.25, 0.3) is 0 Å². The van der Waals surface area contributed by atoms with E-state index in [0.717, 1.165) is 18.9 Å². The van der Waals surface area contributed by atoms with Gasteiger partial charge in [-0.25, -0.2) is 4.98 Å². The second-order valence-electron chi connectivity index (χ2n) is 3.89. The molecule has 3 nitrogen and oxygen atoms in total. The lowest BCUT2D eigenvalue weighted by atomic mass is 10.1. The molecule has 1 atom stereocenters. The highest BCUT2D eigenvalue weighted by atomic mass is 35.5. The molecule has 1 aromatic rings. The molecule has 0 bridgehead atoms.